The van der Waals surface area contributed by atoms with Crippen molar-refractivity contribution in [3.8, 4) is 0 Å². The summed E-state index contributed by atoms with van der Waals surface area (Å²) in [6.07, 6.45) is -1.75. The molecule has 41 heavy (non-hydrogen) atoms. The molecule has 2 fully saturated rings. The molecule has 4 atom stereocenters. The molecule has 0 aromatic heterocycles. The number of benzene rings is 3. The van der Waals surface area contributed by atoms with Gasteiger partial charge in [-0.2, -0.15) is 0 Å². The number of piperidine rings is 1. The number of likely N-dealkylation sites (N-methyl/N-ethyl adjacent to an activating group) is 1. The van der Waals surface area contributed by atoms with E-state index >= 15 is 0 Å². The van der Waals surface area contributed by atoms with Crippen LogP contribution in [0.2, 0.25) is 0 Å². The van der Waals surface area contributed by atoms with Crippen LogP contribution in [-0.4, -0.2) is 53.3 Å². The maximum atomic E-state index is 13.9. The zero-order valence-corrected chi connectivity index (χ0v) is 23.8. The summed E-state index contributed by atoms with van der Waals surface area (Å²) in [5.41, 5.74) is -0.354. The number of likely N-dealkylation sites (tertiary alicyclic amines) is 1. The molecule has 3 aromatic carbocycles. The van der Waals surface area contributed by atoms with Crippen LogP contribution in [0.25, 0.3) is 0 Å². The van der Waals surface area contributed by atoms with Crippen molar-refractivity contribution < 1.29 is 28.6 Å². The average molecular weight is 557 g/mol. The molecule has 1 N–H and O–H groups in total. The van der Waals surface area contributed by atoms with Crippen molar-refractivity contribution in [2.75, 3.05) is 7.05 Å². The maximum Gasteiger partial charge on any atom is 0.352 e. The van der Waals surface area contributed by atoms with Crippen LogP contribution in [0.4, 0.5) is 0 Å². The van der Waals surface area contributed by atoms with Gasteiger partial charge in [0, 0.05) is 13.5 Å². The van der Waals surface area contributed by atoms with Gasteiger partial charge in [-0.05, 0) is 29.5 Å². The third-order valence-electron chi connectivity index (χ3n) is 7.98. The number of nitrogens with one attached hydrogen (secondary N) is 1. The number of ether oxygens (including phenoxy) is 3. The highest BCUT2D eigenvalue weighted by molar-refractivity contribution is 6.10. The number of fused-ring (bicyclic) bond motifs is 2. The number of esters is 1. The third-order valence-corrected chi connectivity index (χ3v) is 7.98. The summed E-state index contributed by atoms with van der Waals surface area (Å²) in [5, 5.41) is 3.07. The van der Waals surface area contributed by atoms with Gasteiger partial charge >= 0.3 is 5.97 Å². The zero-order valence-electron chi connectivity index (χ0n) is 23.8. The average Bonchev–Trinajstić information content (AvgIpc) is 3.41. The van der Waals surface area contributed by atoms with E-state index in [1.807, 2.05) is 91.0 Å². The van der Waals surface area contributed by atoms with E-state index in [1.54, 1.807) is 27.8 Å². The first-order valence-electron chi connectivity index (χ1n) is 13.9. The van der Waals surface area contributed by atoms with Gasteiger partial charge in [0.05, 0.1) is 12.6 Å². The second-order valence-electron chi connectivity index (χ2n) is 11.2. The van der Waals surface area contributed by atoms with E-state index in [0.29, 0.717) is 6.42 Å². The second kappa shape index (κ2) is 11.5. The first-order chi connectivity index (χ1) is 19.7. The molecule has 0 saturated carbocycles. The minimum absolute atomic E-state index is 0.195. The van der Waals surface area contributed by atoms with E-state index in [9.17, 15) is 14.4 Å². The van der Waals surface area contributed by atoms with Crippen molar-refractivity contribution in [1.29, 1.82) is 0 Å². The minimum Gasteiger partial charge on any atom is -0.449 e. The van der Waals surface area contributed by atoms with Crippen LogP contribution in [0.5, 0.6) is 0 Å². The van der Waals surface area contributed by atoms with Gasteiger partial charge in [0.15, 0.2) is 6.10 Å². The van der Waals surface area contributed by atoms with Crippen LogP contribution in [0.3, 0.4) is 0 Å². The lowest BCUT2D eigenvalue weighted by atomic mass is 9.89. The van der Waals surface area contributed by atoms with Crippen molar-refractivity contribution in [3.63, 3.8) is 0 Å². The Morgan fingerprint density at radius 3 is 2.00 bits per heavy atom. The van der Waals surface area contributed by atoms with E-state index in [-0.39, 0.29) is 12.5 Å². The number of carbonyl (C=O) groups excluding carboxylic acids is 3. The Morgan fingerprint density at radius 2 is 1.49 bits per heavy atom. The van der Waals surface area contributed by atoms with E-state index in [0.717, 1.165) is 16.7 Å². The molecule has 2 aliphatic heterocycles. The molecule has 0 unspecified atom stereocenters. The van der Waals surface area contributed by atoms with Gasteiger partial charge in [-0.3, -0.25) is 9.59 Å². The summed E-state index contributed by atoms with van der Waals surface area (Å²) in [5.74, 6) is -2.31. The highest BCUT2D eigenvalue weighted by atomic mass is 16.6. The third kappa shape index (κ3) is 5.37. The Morgan fingerprint density at radius 1 is 0.951 bits per heavy atom. The van der Waals surface area contributed by atoms with Crippen molar-refractivity contribution in [2.24, 2.45) is 5.92 Å². The lowest BCUT2D eigenvalue weighted by Crippen LogP contribution is -2.60. The van der Waals surface area contributed by atoms with Crippen molar-refractivity contribution in [1.82, 2.24) is 10.2 Å². The van der Waals surface area contributed by atoms with Crippen LogP contribution in [-0.2, 0) is 35.2 Å². The fraction of sp³-hybridized carbons (Fsp3) is 0.364. The van der Waals surface area contributed by atoms with Crippen molar-refractivity contribution >= 4 is 17.8 Å². The highest BCUT2D eigenvalue weighted by Gasteiger charge is 2.74. The van der Waals surface area contributed by atoms with Crippen molar-refractivity contribution in [2.45, 2.75) is 63.4 Å². The molecule has 0 spiro atoms. The van der Waals surface area contributed by atoms with Crippen molar-refractivity contribution in [3.05, 3.63) is 108 Å². The van der Waals surface area contributed by atoms with Crippen LogP contribution in [0.15, 0.2) is 91.0 Å². The van der Waals surface area contributed by atoms with Gasteiger partial charge in [0.1, 0.15) is 11.8 Å². The number of carbonyl (C=O) groups is 3. The largest absolute Gasteiger partial charge is 0.449 e. The molecule has 2 aliphatic rings. The first kappa shape index (κ1) is 28.5. The summed E-state index contributed by atoms with van der Waals surface area (Å²) >= 11 is 0. The van der Waals surface area contributed by atoms with E-state index in [4.69, 9.17) is 14.2 Å². The molecule has 0 radical (unpaired) electrons. The summed E-state index contributed by atoms with van der Waals surface area (Å²) in [7, 11) is 1.60. The highest BCUT2D eigenvalue weighted by Crippen LogP contribution is 2.50. The Bertz CT molecular complexity index is 1340. The normalized spacial score (nSPS) is 24.1. The number of hydrogen-bond donors (Lipinski definition) is 1. The molecule has 8 heteroatoms. The molecule has 8 nitrogen and oxygen atoms in total. The summed E-state index contributed by atoms with van der Waals surface area (Å²) in [6, 6.07) is 28.2. The quantitative estimate of drug-likeness (QED) is 0.294. The SMILES string of the molecule is CC(C)[C@H](OC(=O)[C@]12O[C@](C)(C[C@H]1OCc1ccccc1)N(C)C2=O)C(=O)NC(c1ccccc1)c1ccccc1. The number of amides is 2. The molecular weight excluding hydrogens is 520 g/mol. The van der Waals surface area contributed by atoms with Crippen LogP contribution in [0.1, 0.15) is 49.9 Å². The number of hydrogen-bond acceptors (Lipinski definition) is 6. The standard InChI is InChI=1S/C33H36N2O6/c1-22(2)28(29(36)34-27(24-16-10-6-11-17-24)25-18-12-7-13-19-25)40-31(38)33-26(39-21-23-14-8-5-9-15-23)20-32(3,41-33)35(4)30(33)37/h5-19,22,26-28H,20-21H2,1-4H3,(H,34,36)/t26-,28+,32-,33+/m1/s1. The van der Waals surface area contributed by atoms with Crippen LogP contribution >= 0.6 is 0 Å². The van der Waals surface area contributed by atoms with Gasteiger partial charge in [0.2, 0.25) is 0 Å². The molecule has 2 saturated heterocycles. The molecular formula is C33H36N2O6. The summed E-state index contributed by atoms with van der Waals surface area (Å²) in [4.78, 5) is 42.6. The summed E-state index contributed by atoms with van der Waals surface area (Å²) < 4.78 is 18.2. The number of rotatable bonds is 10. The smallest absolute Gasteiger partial charge is 0.352 e. The fourth-order valence-corrected chi connectivity index (χ4v) is 5.57. The monoisotopic (exact) mass is 556 g/mol. The summed E-state index contributed by atoms with van der Waals surface area (Å²) in [6.45, 7) is 5.53. The van der Waals surface area contributed by atoms with Gasteiger partial charge in [-0.15, -0.1) is 0 Å². The predicted molar refractivity (Wildman–Crippen MR) is 152 cm³/mol. The molecule has 5 rings (SSSR count). The van der Waals surface area contributed by atoms with Crippen LogP contribution < -0.4 is 5.32 Å². The lowest BCUT2D eigenvalue weighted by Gasteiger charge is -2.35. The zero-order chi connectivity index (χ0) is 29.2. The molecule has 2 bridgehead atoms. The van der Waals surface area contributed by atoms with Gasteiger partial charge < -0.3 is 24.4 Å². The van der Waals surface area contributed by atoms with Gasteiger partial charge in [-0.1, -0.05) is 105 Å². The Kier molecular flexibility index (Phi) is 7.98. The Balaban J connectivity index is 1.39. The number of nitrogens with zero attached hydrogens (tertiary/aromatic N) is 1. The lowest BCUT2D eigenvalue weighted by molar-refractivity contribution is -0.189. The molecule has 2 heterocycles. The second-order valence-corrected chi connectivity index (χ2v) is 11.2. The van der Waals surface area contributed by atoms with E-state index in [1.165, 1.54) is 4.90 Å². The van der Waals surface area contributed by atoms with E-state index < -0.39 is 47.4 Å². The first-order valence-corrected chi connectivity index (χ1v) is 13.9. The molecule has 0 aliphatic carbocycles. The molecule has 3 aromatic rings. The van der Waals surface area contributed by atoms with Gasteiger partial charge in [-0.25, -0.2) is 4.79 Å². The maximum absolute atomic E-state index is 13.9. The fourth-order valence-electron chi connectivity index (χ4n) is 5.57. The Hall–Kier alpha value is -4.01. The topological polar surface area (TPSA) is 94.2 Å². The van der Waals surface area contributed by atoms with Crippen LogP contribution in [0, 0.1) is 5.92 Å². The van der Waals surface area contributed by atoms with Gasteiger partial charge in [0.25, 0.3) is 17.4 Å². The Labute approximate surface area is 240 Å². The predicted octanol–water partition coefficient (Wildman–Crippen LogP) is 4.39. The molecule has 2 amide bonds. The van der Waals surface area contributed by atoms with E-state index in [2.05, 4.69) is 5.32 Å². The minimum atomic E-state index is -2.00. The molecule has 214 valence electrons.